The van der Waals surface area contributed by atoms with E-state index in [9.17, 15) is 8.42 Å². The van der Waals surface area contributed by atoms with Crippen molar-refractivity contribution < 1.29 is 8.42 Å². The number of amidine groups is 1. The number of nitrogens with two attached hydrogens (primary N) is 1. The van der Waals surface area contributed by atoms with E-state index in [-0.39, 0.29) is 30.5 Å². The van der Waals surface area contributed by atoms with Crippen LogP contribution in [0.4, 0.5) is 0 Å². The molecular weight excluding hydrogens is 286 g/mol. The highest BCUT2D eigenvalue weighted by atomic mass is 32.2. The molecule has 0 spiro atoms. The van der Waals surface area contributed by atoms with Crippen molar-refractivity contribution in [2.75, 3.05) is 18.8 Å². The lowest BCUT2D eigenvalue weighted by molar-refractivity contribution is 0.374. The average Bonchev–Trinajstić information content (AvgIpc) is 2.42. The highest BCUT2D eigenvalue weighted by molar-refractivity contribution is 7.89. The van der Waals surface area contributed by atoms with Crippen LogP contribution in [0.3, 0.4) is 0 Å². The summed E-state index contributed by atoms with van der Waals surface area (Å²) in [7, 11) is -3.33. The predicted octanol–water partition coefficient (Wildman–Crippen LogP) is 1.84. The van der Waals surface area contributed by atoms with Crippen molar-refractivity contribution >= 4 is 15.9 Å². The van der Waals surface area contributed by atoms with Gasteiger partial charge in [-0.3, -0.25) is 5.41 Å². The maximum Gasteiger partial charge on any atom is 0.214 e. The van der Waals surface area contributed by atoms with Gasteiger partial charge in [-0.05, 0) is 17.9 Å². The lowest BCUT2D eigenvalue weighted by Crippen LogP contribution is -2.38. The molecule has 0 saturated heterocycles. The third kappa shape index (κ3) is 6.73. The molecule has 3 N–H and O–H groups in total. The minimum atomic E-state index is -3.33. The van der Waals surface area contributed by atoms with Crippen molar-refractivity contribution in [3.8, 4) is 0 Å². The Morgan fingerprint density at radius 2 is 1.90 bits per heavy atom. The van der Waals surface area contributed by atoms with Crippen LogP contribution in [0.1, 0.15) is 25.8 Å². The summed E-state index contributed by atoms with van der Waals surface area (Å²) in [5, 5.41) is 7.27. The van der Waals surface area contributed by atoms with Crippen LogP contribution in [0.5, 0.6) is 0 Å². The Morgan fingerprint density at radius 3 is 2.43 bits per heavy atom. The molecule has 0 saturated carbocycles. The topological polar surface area (TPSA) is 87.2 Å². The standard InChI is InChI=1S/C15H25N3O2S/c1-13(2)12-18(10-8-15(16)17)21(19,20)11-9-14-6-4-3-5-7-14/h3-7,13H,8-12H2,1-2H3,(H3,16,17). The van der Waals surface area contributed by atoms with Gasteiger partial charge in [-0.25, -0.2) is 12.7 Å². The molecule has 5 nitrogen and oxygen atoms in total. The zero-order chi connectivity index (χ0) is 15.9. The summed E-state index contributed by atoms with van der Waals surface area (Å²) in [6.45, 7) is 4.70. The van der Waals surface area contributed by atoms with E-state index < -0.39 is 10.0 Å². The van der Waals surface area contributed by atoms with Crippen molar-refractivity contribution in [1.29, 1.82) is 5.41 Å². The second-order valence-electron chi connectivity index (χ2n) is 5.58. The Bertz CT molecular complexity index is 541. The maximum atomic E-state index is 12.5. The molecule has 21 heavy (non-hydrogen) atoms. The second kappa shape index (κ2) is 8.14. The lowest BCUT2D eigenvalue weighted by atomic mass is 10.2. The fourth-order valence-corrected chi connectivity index (χ4v) is 3.66. The number of hydrogen-bond donors (Lipinski definition) is 2. The summed E-state index contributed by atoms with van der Waals surface area (Å²) in [6.07, 6.45) is 0.773. The van der Waals surface area contributed by atoms with Gasteiger partial charge in [0.05, 0.1) is 11.6 Å². The van der Waals surface area contributed by atoms with E-state index in [1.807, 2.05) is 44.2 Å². The first kappa shape index (κ1) is 17.7. The van der Waals surface area contributed by atoms with Gasteiger partial charge in [-0.2, -0.15) is 0 Å². The van der Waals surface area contributed by atoms with E-state index in [1.165, 1.54) is 4.31 Å². The van der Waals surface area contributed by atoms with Crippen molar-refractivity contribution in [3.05, 3.63) is 35.9 Å². The maximum absolute atomic E-state index is 12.5. The van der Waals surface area contributed by atoms with E-state index in [0.717, 1.165) is 5.56 Å². The minimum Gasteiger partial charge on any atom is -0.388 e. The summed E-state index contributed by atoms with van der Waals surface area (Å²) in [5.74, 6) is 0.340. The van der Waals surface area contributed by atoms with Gasteiger partial charge in [0.1, 0.15) is 0 Å². The van der Waals surface area contributed by atoms with E-state index in [4.69, 9.17) is 11.1 Å². The van der Waals surface area contributed by atoms with Crippen molar-refractivity contribution in [1.82, 2.24) is 4.31 Å². The minimum absolute atomic E-state index is 0.0158. The van der Waals surface area contributed by atoms with Crippen LogP contribution in [0.25, 0.3) is 0 Å². The molecule has 0 aliphatic rings. The first-order valence-electron chi connectivity index (χ1n) is 7.16. The highest BCUT2D eigenvalue weighted by Crippen LogP contribution is 2.10. The van der Waals surface area contributed by atoms with Gasteiger partial charge >= 0.3 is 0 Å². The quantitative estimate of drug-likeness (QED) is 0.539. The molecule has 0 heterocycles. The first-order valence-corrected chi connectivity index (χ1v) is 8.77. The number of benzene rings is 1. The second-order valence-corrected chi connectivity index (χ2v) is 7.67. The van der Waals surface area contributed by atoms with Crippen molar-refractivity contribution in [2.45, 2.75) is 26.7 Å². The van der Waals surface area contributed by atoms with E-state index in [2.05, 4.69) is 0 Å². The summed E-state index contributed by atoms with van der Waals surface area (Å²) >= 11 is 0. The number of sulfonamides is 1. The molecule has 1 aromatic carbocycles. The summed E-state index contributed by atoms with van der Waals surface area (Å²) < 4.78 is 26.4. The first-order chi connectivity index (χ1) is 9.81. The molecule has 0 aliphatic heterocycles. The van der Waals surface area contributed by atoms with E-state index in [0.29, 0.717) is 13.0 Å². The van der Waals surface area contributed by atoms with Crippen LogP contribution in [0, 0.1) is 11.3 Å². The lowest BCUT2D eigenvalue weighted by Gasteiger charge is -2.23. The molecule has 1 rings (SSSR count). The van der Waals surface area contributed by atoms with E-state index >= 15 is 0 Å². The SMILES string of the molecule is CC(C)CN(CCC(=N)N)S(=O)(=O)CCc1ccccc1. The zero-order valence-corrected chi connectivity index (χ0v) is 13.6. The molecular formula is C15H25N3O2S. The molecule has 0 fully saturated rings. The predicted molar refractivity (Wildman–Crippen MR) is 86.9 cm³/mol. The number of nitrogens with one attached hydrogen (secondary N) is 1. The Hall–Kier alpha value is -1.40. The van der Waals surface area contributed by atoms with Crippen molar-refractivity contribution in [2.24, 2.45) is 11.7 Å². The van der Waals surface area contributed by atoms with Gasteiger partial charge in [0.2, 0.25) is 10.0 Å². The third-order valence-corrected chi connectivity index (χ3v) is 4.92. The molecule has 0 atom stereocenters. The van der Waals surface area contributed by atoms with Crippen LogP contribution in [-0.2, 0) is 16.4 Å². The van der Waals surface area contributed by atoms with E-state index in [1.54, 1.807) is 0 Å². The molecule has 0 aromatic heterocycles. The fraction of sp³-hybridized carbons (Fsp3) is 0.533. The molecule has 0 aliphatic carbocycles. The van der Waals surface area contributed by atoms with Crippen molar-refractivity contribution in [3.63, 3.8) is 0 Å². The number of hydrogen-bond acceptors (Lipinski definition) is 3. The van der Waals surface area contributed by atoms with Gasteiger partial charge < -0.3 is 5.73 Å². The third-order valence-electron chi connectivity index (χ3n) is 3.08. The molecule has 0 unspecified atom stereocenters. The van der Waals surface area contributed by atoms with Crippen LogP contribution in [-0.4, -0.2) is 37.4 Å². The molecule has 0 radical (unpaired) electrons. The molecule has 118 valence electrons. The Balaban J connectivity index is 2.71. The highest BCUT2D eigenvalue weighted by Gasteiger charge is 2.22. The molecule has 0 amide bonds. The Kier molecular flexibility index (Phi) is 6.84. The van der Waals surface area contributed by atoms with Gasteiger partial charge in [0.25, 0.3) is 0 Å². The normalized spacial score (nSPS) is 12.0. The summed E-state index contributed by atoms with van der Waals surface area (Å²) in [5.41, 5.74) is 6.35. The van der Waals surface area contributed by atoms with Gasteiger partial charge in [0.15, 0.2) is 0 Å². The number of rotatable bonds is 9. The smallest absolute Gasteiger partial charge is 0.214 e. The fourth-order valence-electron chi connectivity index (χ4n) is 2.02. The van der Waals surface area contributed by atoms with Crippen LogP contribution in [0.15, 0.2) is 30.3 Å². The number of aryl methyl sites for hydroxylation is 1. The van der Waals surface area contributed by atoms with Crippen LogP contribution < -0.4 is 5.73 Å². The van der Waals surface area contributed by atoms with Gasteiger partial charge in [-0.1, -0.05) is 44.2 Å². The zero-order valence-electron chi connectivity index (χ0n) is 12.7. The molecule has 6 heteroatoms. The Morgan fingerprint density at radius 1 is 1.29 bits per heavy atom. The monoisotopic (exact) mass is 311 g/mol. The van der Waals surface area contributed by atoms with Gasteiger partial charge in [-0.15, -0.1) is 0 Å². The molecule has 1 aromatic rings. The Labute approximate surface area is 127 Å². The van der Waals surface area contributed by atoms with Gasteiger partial charge in [0, 0.05) is 19.5 Å². The number of nitrogens with zero attached hydrogens (tertiary/aromatic N) is 1. The largest absolute Gasteiger partial charge is 0.388 e. The summed E-state index contributed by atoms with van der Waals surface area (Å²) in [4.78, 5) is 0. The summed E-state index contributed by atoms with van der Waals surface area (Å²) in [6, 6.07) is 9.58. The average molecular weight is 311 g/mol. The van der Waals surface area contributed by atoms with Crippen LogP contribution in [0.2, 0.25) is 0 Å². The van der Waals surface area contributed by atoms with Crippen LogP contribution >= 0.6 is 0 Å². The molecule has 0 bridgehead atoms.